The van der Waals surface area contributed by atoms with Crippen LogP contribution in [-0.4, -0.2) is 41.1 Å². The summed E-state index contributed by atoms with van der Waals surface area (Å²) < 4.78 is 47.0. The Morgan fingerprint density at radius 1 is 1.06 bits per heavy atom. The number of rotatable bonds is 8. The van der Waals surface area contributed by atoms with E-state index in [0.717, 1.165) is 6.07 Å². The first kappa shape index (κ1) is 26.6. The Morgan fingerprint density at radius 2 is 1.72 bits per heavy atom. The van der Waals surface area contributed by atoms with Gasteiger partial charge in [-0.1, -0.05) is 0 Å². The second-order valence-corrected chi connectivity index (χ2v) is 9.21. The molecule has 1 aromatic heterocycles. The van der Waals surface area contributed by atoms with Crippen LogP contribution in [0.25, 0.3) is 22.2 Å². The summed E-state index contributed by atoms with van der Waals surface area (Å²) in [6, 6.07) is 6.08. The molecule has 0 spiro atoms. The zero-order valence-electron chi connectivity index (χ0n) is 20.0. The lowest BCUT2D eigenvalue weighted by Gasteiger charge is -2.22. The van der Waals surface area contributed by atoms with Crippen LogP contribution in [0.5, 0.6) is 0 Å². The number of amides is 3. The minimum absolute atomic E-state index is 0.0105. The third kappa shape index (κ3) is 6.77. The van der Waals surface area contributed by atoms with Crippen LogP contribution in [0, 0.1) is 17.5 Å². The predicted octanol–water partition coefficient (Wildman–Crippen LogP) is 3.68. The number of halogens is 3. The van der Waals surface area contributed by atoms with Crippen molar-refractivity contribution in [3.05, 3.63) is 59.4 Å². The molecular formula is C25H27F3N4O4. The highest BCUT2D eigenvalue weighted by atomic mass is 19.1. The number of aromatic amines is 1. The minimum atomic E-state index is -1.29. The highest BCUT2D eigenvalue weighted by Crippen LogP contribution is 2.32. The first-order valence-electron chi connectivity index (χ1n) is 11.1. The highest BCUT2D eigenvalue weighted by Gasteiger charge is 2.26. The van der Waals surface area contributed by atoms with Crippen LogP contribution in [0.3, 0.4) is 0 Å². The van der Waals surface area contributed by atoms with Crippen molar-refractivity contribution in [2.45, 2.75) is 45.3 Å². The molecule has 1 unspecified atom stereocenters. The molecule has 0 radical (unpaired) electrons. The summed E-state index contributed by atoms with van der Waals surface area (Å²) >= 11 is 0. The highest BCUT2D eigenvalue weighted by molar-refractivity contribution is 5.92. The van der Waals surface area contributed by atoms with E-state index >= 15 is 0 Å². The molecule has 0 saturated heterocycles. The van der Waals surface area contributed by atoms with Gasteiger partial charge in [0.15, 0.2) is 0 Å². The number of nitrogens with one attached hydrogen (secondary N) is 3. The second kappa shape index (κ2) is 10.7. The SMILES string of the molecule is CC(C)(C)OC(=O)NC(CC(N)=O)C(=O)NCCc1c(-c2ccc(F)cc2)[nH]c2c(F)cc(F)cc12. The summed E-state index contributed by atoms with van der Waals surface area (Å²) in [5.74, 6) is -3.55. The first-order chi connectivity index (χ1) is 16.8. The number of hydrogen-bond acceptors (Lipinski definition) is 4. The van der Waals surface area contributed by atoms with Gasteiger partial charge >= 0.3 is 6.09 Å². The number of carbonyl (C=O) groups is 3. The van der Waals surface area contributed by atoms with Crippen molar-refractivity contribution in [2.75, 3.05) is 6.54 Å². The third-order valence-corrected chi connectivity index (χ3v) is 5.15. The van der Waals surface area contributed by atoms with Gasteiger partial charge in [0.25, 0.3) is 0 Å². The molecule has 36 heavy (non-hydrogen) atoms. The van der Waals surface area contributed by atoms with Gasteiger partial charge in [0.2, 0.25) is 11.8 Å². The van der Waals surface area contributed by atoms with E-state index in [2.05, 4.69) is 15.6 Å². The number of hydrogen-bond donors (Lipinski definition) is 4. The monoisotopic (exact) mass is 504 g/mol. The number of primary amides is 1. The van der Waals surface area contributed by atoms with E-state index in [0.29, 0.717) is 16.8 Å². The van der Waals surface area contributed by atoms with Crippen molar-refractivity contribution in [1.82, 2.24) is 15.6 Å². The summed E-state index contributed by atoms with van der Waals surface area (Å²) in [6.07, 6.45) is -1.24. The summed E-state index contributed by atoms with van der Waals surface area (Å²) in [7, 11) is 0. The lowest BCUT2D eigenvalue weighted by atomic mass is 10.0. The second-order valence-electron chi connectivity index (χ2n) is 9.21. The third-order valence-electron chi connectivity index (χ3n) is 5.15. The van der Waals surface area contributed by atoms with Crippen molar-refractivity contribution >= 4 is 28.8 Å². The van der Waals surface area contributed by atoms with E-state index in [1.54, 1.807) is 20.8 Å². The van der Waals surface area contributed by atoms with E-state index in [1.165, 1.54) is 30.3 Å². The maximum absolute atomic E-state index is 14.4. The van der Waals surface area contributed by atoms with Crippen molar-refractivity contribution in [3.8, 4) is 11.3 Å². The number of alkyl carbamates (subject to hydrolysis) is 1. The van der Waals surface area contributed by atoms with Gasteiger partial charge in [-0.25, -0.2) is 18.0 Å². The Hall–Kier alpha value is -4.02. The minimum Gasteiger partial charge on any atom is -0.444 e. The molecule has 0 bridgehead atoms. The van der Waals surface area contributed by atoms with Crippen LogP contribution in [0.4, 0.5) is 18.0 Å². The summed E-state index contributed by atoms with van der Waals surface area (Å²) in [4.78, 5) is 39.1. The standard InChI is InChI=1S/C25H27F3N4O4/c1-25(2,3)36-24(35)31-19(12-20(29)33)23(34)30-9-8-16-17-10-15(27)11-18(28)22(17)32-21(16)13-4-6-14(26)7-5-13/h4-7,10-11,19,32H,8-9,12H2,1-3H3,(H2,29,33)(H,30,34)(H,31,35). The largest absolute Gasteiger partial charge is 0.444 e. The zero-order valence-corrected chi connectivity index (χ0v) is 20.0. The maximum atomic E-state index is 14.4. The molecule has 1 heterocycles. The molecular weight excluding hydrogens is 477 g/mol. The fraction of sp³-hybridized carbons (Fsp3) is 0.320. The average Bonchev–Trinajstić information content (AvgIpc) is 3.11. The van der Waals surface area contributed by atoms with Crippen LogP contribution in [0.15, 0.2) is 36.4 Å². The van der Waals surface area contributed by atoms with E-state index in [1.807, 2.05) is 0 Å². The molecule has 0 fully saturated rings. The Morgan fingerprint density at radius 3 is 2.33 bits per heavy atom. The molecule has 0 aliphatic carbocycles. The number of nitrogens with two attached hydrogens (primary N) is 1. The molecule has 0 aliphatic rings. The summed E-state index contributed by atoms with van der Waals surface area (Å²) in [5, 5.41) is 5.18. The van der Waals surface area contributed by atoms with Crippen LogP contribution in [0.2, 0.25) is 0 Å². The van der Waals surface area contributed by atoms with E-state index < -0.39 is 53.4 Å². The van der Waals surface area contributed by atoms with E-state index in [9.17, 15) is 27.6 Å². The molecule has 3 aromatic rings. The Bertz CT molecular complexity index is 1280. The van der Waals surface area contributed by atoms with Gasteiger partial charge in [0.1, 0.15) is 29.1 Å². The molecule has 5 N–H and O–H groups in total. The average molecular weight is 505 g/mol. The van der Waals surface area contributed by atoms with Crippen LogP contribution >= 0.6 is 0 Å². The lowest BCUT2D eigenvalue weighted by Crippen LogP contribution is -2.50. The number of fused-ring (bicyclic) bond motifs is 1. The van der Waals surface area contributed by atoms with Gasteiger partial charge in [-0.3, -0.25) is 9.59 Å². The van der Waals surface area contributed by atoms with Crippen molar-refractivity contribution < 1.29 is 32.3 Å². The molecule has 3 amide bonds. The number of ether oxygens (including phenoxy) is 1. The van der Waals surface area contributed by atoms with Crippen molar-refractivity contribution in [1.29, 1.82) is 0 Å². The summed E-state index contributed by atoms with van der Waals surface area (Å²) in [5.41, 5.74) is 5.91. The summed E-state index contributed by atoms with van der Waals surface area (Å²) in [6.45, 7) is 4.91. The van der Waals surface area contributed by atoms with Crippen LogP contribution < -0.4 is 16.4 Å². The van der Waals surface area contributed by atoms with E-state index in [-0.39, 0.29) is 23.9 Å². The normalized spacial score (nSPS) is 12.3. The van der Waals surface area contributed by atoms with Crippen LogP contribution in [-0.2, 0) is 20.7 Å². The Kier molecular flexibility index (Phi) is 7.91. The zero-order chi connectivity index (χ0) is 26.6. The maximum Gasteiger partial charge on any atom is 0.408 e. The predicted molar refractivity (Wildman–Crippen MR) is 127 cm³/mol. The molecule has 0 saturated carbocycles. The van der Waals surface area contributed by atoms with Crippen molar-refractivity contribution in [3.63, 3.8) is 0 Å². The van der Waals surface area contributed by atoms with E-state index in [4.69, 9.17) is 10.5 Å². The number of aromatic nitrogens is 1. The van der Waals surface area contributed by atoms with Gasteiger partial charge in [-0.05, 0) is 68.7 Å². The van der Waals surface area contributed by atoms with Gasteiger partial charge in [0.05, 0.1) is 11.9 Å². The molecule has 3 rings (SSSR count). The lowest BCUT2D eigenvalue weighted by molar-refractivity contribution is -0.127. The van der Waals surface area contributed by atoms with Gasteiger partial charge in [0, 0.05) is 23.7 Å². The topological polar surface area (TPSA) is 126 Å². The van der Waals surface area contributed by atoms with Crippen molar-refractivity contribution in [2.24, 2.45) is 5.73 Å². The Labute approximate surface area is 205 Å². The molecule has 0 aliphatic heterocycles. The number of carbonyl (C=O) groups excluding carboxylic acids is 3. The molecule has 8 nitrogen and oxygen atoms in total. The molecule has 11 heteroatoms. The number of H-pyrrole nitrogens is 1. The Balaban J connectivity index is 1.81. The fourth-order valence-electron chi connectivity index (χ4n) is 3.69. The fourth-order valence-corrected chi connectivity index (χ4v) is 3.69. The quantitative estimate of drug-likeness (QED) is 0.373. The van der Waals surface area contributed by atoms with Crippen LogP contribution in [0.1, 0.15) is 32.8 Å². The number of benzene rings is 2. The first-order valence-corrected chi connectivity index (χ1v) is 11.1. The van der Waals surface area contributed by atoms with Gasteiger partial charge < -0.3 is 26.1 Å². The smallest absolute Gasteiger partial charge is 0.408 e. The van der Waals surface area contributed by atoms with Gasteiger partial charge in [-0.2, -0.15) is 0 Å². The molecule has 1 atom stereocenters. The molecule has 2 aromatic carbocycles. The molecule has 192 valence electrons. The van der Waals surface area contributed by atoms with Gasteiger partial charge in [-0.15, -0.1) is 0 Å².